The van der Waals surface area contributed by atoms with Crippen molar-refractivity contribution in [3.63, 3.8) is 0 Å². The maximum atomic E-state index is 13.7. The SMILES string of the molecule is CNC(=O)[C@@H](Cc1ccccc1)N(Cc1cccc(Cl)c1)C(=O)CCCN(c1cc(C)cc(C)c1)S(C)(=O)=O. The Labute approximate surface area is 236 Å². The highest BCUT2D eigenvalue weighted by Gasteiger charge is 2.30. The molecule has 0 aliphatic heterocycles. The number of carbonyl (C=O) groups excluding carboxylic acids is 2. The maximum Gasteiger partial charge on any atom is 0.242 e. The Morgan fingerprint density at radius 1 is 0.923 bits per heavy atom. The Hall–Kier alpha value is -3.36. The lowest BCUT2D eigenvalue weighted by Gasteiger charge is -2.31. The van der Waals surface area contributed by atoms with Crippen LogP contribution in [-0.4, -0.2) is 51.0 Å². The molecule has 208 valence electrons. The average molecular weight is 570 g/mol. The summed E-state index contributed by atoms with van der Waals surface area (Å²) in [4.78, 5) is 28.3. The summed E-state index contributed by atoms with van der Waals surface area (Å²) >= 11 is 6.20. The molecule has 1 atom stereocenters. The largest absolute Gasteiger partial charge is 0.357 e. The van der Waals surface area contributed by atoms with E-state index < -0.39 is 16.1 Å². The zero-order chi connectivity index (χ0) is 28.6. The molecule has 1 N–H and O–H groups in total. The van der Waals surface area contributed by atoms with Crippen molar-refractivity contribution in [1.29, 1.82) is 0 Å². The molecule has 0 aliphatic carbocycles. The van der Waals surface area contributed by atoms with Crippen molar-refractivity contribution in [3.8, 4) is 0 Å². The number of aryl methyl sites for hydroxylation is 2. The van der Waals surface area contributed by atoms with E-state index in [0.29, 0.717) is 17.1 Å². The minimum Gasteiger partial charge on any atom is -0.357 e. The standard InChI is InChI=1S/C30H36ClN3O4S/c1-22-16-23(2)18-27(17-22)34(39(4,37)38)15-9-14-29(35)33(21-25-12-8-13-26(31)19-25)28(30(36)32-3)20-24-10-6-5-7-11-24/h5-8,10-13,16-19,28H,9,14-15,20-21H2,1-4H3,(H,32,36)/t28-/m1/s1. The number of hydrogen-bond acceptors (Lipinski definition) is 4. The second-order valence-electron chi connectivity index (χ2n) is 9.76. The van der Waals surface area contributed by atoms with Crippen LogP contribution in [0.15, 0.2) is 72.8 Å². The highest BCUT2D eigenvalue weighted by molar-refractivity contribution is 7.92. The third-order valence-corrected chi connectivity index (χ3v) is 7.84. The van der Waals surface area contributed by atoms with Gasteiger partial charge in [0.05, 0.1) is 11.9 Å². The molecule has 0 saturated carbocycles. The molecule has 0 spiro atoms. The van der Waals surface area contributed by atoms with E-state index in [1.54, 1.807) is 30.1 Å². The normalized spacial score (nSPS) is 12.0. The van der Waals surface area contributed by atoms with Crippen LogP contribution < -0.4 is 9.62 Å². The van der Waals surface area contributed by atoms with Gasteiger partial charge in [0, 0.05) is 38.0 Å². The molecule has 3 aromatic carbocycles. The Morgan fingerprint density at radius 3 is 2.15 bits per heavy atom. The van der Waals surface area contributed by atoms with E-state index in [0.717, 1.165) is 22.3 Å². The van der Waals surface area contributed by atoms with Gasteiger partial charge in [-0.25, -0.2) is 8.42 Å². The summed E-state index contributed by atoms with van der Waals surface area (Å²) in [5.41, 5.74) is 4.21. The van der Waals surface area contributed by atoms with Crippen LogP contribution in [0.4, 0.5) is 5.69 Å². The van der Waals surface area contributed by atoms with Crippen molar-refractivity contribution >= 4 is 39.1 Å². The number of benzene rings is 3. The number of hydrogen-bond donors (Lipinski definition) is 1. The molecule has 3 aromatic rings. The number of likely N-dealkylation sites (N-methyl/N-ethyl adjacent to an activating group) is 1. The Balaban J connectivity index is 1.86. The van der Waals surface area contributed by atoms with Gasteiger partial charge in [-0.15, -0.1) is 0 Å². The lowest BCUT2D eigenvalue weighted by Crippen LogP contribution is -2.49. The van der Waals surface area contributed by atoms with E-state index >= 15 is 0 Å². The van der Waals surface area contributed by atoms with Crippen molar-refractivity contribution in [2.24, 2.45) is 0 Å². The van der Waals surface area contributed by atoms with Gasteiger partial charge in [0.2, 0.25) is 21.8 Å². The van der Waals surface area contributed by atoms with E-state index in [-0.39, 0.29) is 37.7 Å². The van der Waals surface area contributed by atoms with Crippen LogP contribution in [-0.2, 0) is 32.6 Å². The Morgan fingerprint density at radius 2 is 1.56 bits per heavy atom. The Kier molecular flexibility index (Phi) is 10.5. The topological polar surface area (TPSA) is 86.8 Å². The lowest BCUT2D eigenvalue weighted by molar-refractivity contribution is -0.141. The van der Waals surface area contributed by atoms with Gasteiger partial charge >= 0.3 is 0 Å². The number of carbonyl (C=O) groups is 2. The molecule has 0 radical (unpaired) electrons. The summed E-state index contributed by atoms with van der Waals surface area (Å²) in [5, 5.41) is 3.24. The Bertz CT molecular complexity index is 1380. The predicted molar refractivity (Wildman–Crippen MR) is 157 cm³/mol. The smallest absolute Gasteiger partial charge is 0.242 e. The molecule has 9 heteroatoms. The van der Waals surface area contributed by atoms with E-state index in [1.807, 2.05) is 68.4 Å². The minimum absolute atomic E-state index is 0.0691. The molecule has 0 fully saturated rings. The van der Waals surface area contributed by atoms with Gasteiger partial charge in [0.15, 0.2) is 0 Å². The number of rotatable bonds is 12. The van der Waals surface area contributed by atoms with E-state index in [2.05, 4.69) is 5.32 Å². The highest BCUT2D eigenvalue weighted by Crippen LogP contribution is 2.23. The number of sulfonamides is 1. The molecule has 0 bridgehead atoms. The van der Waals surface area contributed by atoms with Gasteiger partial charge < -0.3 is 10.2 Å². The van der Waals surface area contributed by atoms with Crippen LogP contribution in [0.3, 0.4) is 0 Å². The number of halogens is 1. The van der Waals surface area contributed by atoms with E-state index in [1.165, 1.54) is 10.6 Å². The first-order chi connectivity index (χ1) is 18.5. The third kappa shape index (κ3) is 8.83. The van der Waals surface area contributed by atoms with Crippen LogP contribution in [0.1, 0.15) is 35.1 Å². The molecular formula is C30H36ClN3O4S. The lowest BCUT2D eigenvalue weighted by atomic mass is 10.0. The van der Waals surface area contributed by atoms with Crippen molar-refractivity contribution in [1.82, 2.24) is 10.2 Å². The van der Waals surface area contributed by atoms with Crippen molar-refractivity contribution in [2.45, 2.75) is 45.7 Å². The fraction of sp³-hybridized carbons (Fsp3) is 0.333. The molecule has 3 rings (SSSR count). The third-order valence-electron chi connectivity index (χ3n) is 6.41. The van der Waals surface area contributed by atoms with Crippen LogP contribution in [0, 0.1) is 13.8 Å². The molecule has 0 unspecified atom stereocenters. The fourth-order valence-corrected chi connectivity index (χ4v) is 5.81. The number of anilines is 1. The van der Waals surface area contributed by atoms with E-state index in [9.17, 15) is 18.0 Å². The molecule has 0 aliphatic rings. The number of amides is 2. The second kappa shape index (κ2) is 13.6. The minimum atomic E-state index is -3.57. The first-order valence-corrected chi connectivity index (χ1v) is 15.1. The predicted octanol–water partition coefficient (Wildman–Crippen LogP) is 4.89. The first-order valence-electron chi connectivity index (χ1n) is 12.8. The van der Waals surface area contributed by atoms with Crippen molar-refractivity contribution < 1.29 is 18.0 Å². The summed E-state index contributed by atoms with van der Waals surface area (Å²) in [7, 11) is -2.02. The summed E-state index contributed by atoms with van der Waals surface area (Å²) < 4.78 is 26.6. The van der Waals surface area contributed by atoms with Gasteiger partial charge in [0.1, 0.15) is 6.04 Å². The maximum absolute atomic E-state index is 13.7. The molecule has 0 heterocycles. The van der Waals surface area contributed by atoms with Crippen molar-refractivity contribution in [3.05, 3.63) is 100 Å². The zero-order valence-electron chi connectivity index (χ0n) is 22.9. The summed E-state index contributed by atoms with van der Waals surface area (Å²) in [6, 6.07) is 21.6. The summed E-state index contributed by atoms with van der Waals surface area (Å²) in [6.07, 6.45) is 1.86. The van der Waals surface area contributed by atoms with Crippen LogP contribution in [0.5, 0.6) is 0 Å². The van der Waals surface area contributed by atoms with Crippen molar-refractivity contribution in [2.75, 3.05) is 24.2 Å². The fourth-order valence-electron chi connectivity index (χ4n) is 4.65. The van der Waals surface area contributed by atoms with E-state index in [4.69, 9.17) is 11.6 Å². The second-order valence-corrected chi connectivity index (χ2v) is 12.1. The van der Waals surface area contributed by atoms with Crippen LogP contribution in [0.2, 0.25) is 5.02 Å². The molecule has 0 aromatic heterocycles. The summed E-state index contributed by atoms with van der Waals surface area (Å²) in [5.74, 6) is -0.518. The van der Waals surface area contributed by atoms with Gasteiger partial charge in [-0.1, -0.05) is 60.1 Å². The molecular weight excluding hydrogens is 534 g/mol. The van der Waals surface area contributed by atoms with Crippen LogP contribution in [0.25, 0.3) is 0 Å². The highest BCUT2D eigenvalue weighted by atomic mass is 35.5. The van der Waals surface area contributed by atoms with Crippen LogP contribution >= 0.6 is 11.6 Å². The summed E-state index contributed by atoms with van der Waals surface area (Å²) in [6.45, 7) is 4.17. The first kappa shape index (κ1) is 30.2. The average Bonchev–Trinajstić information content (AvgIpc) is 2.87. The monoisotopic (exact) mass is 569 g/mol. The molecule has 7 nitrogen and oxygen atoms in total. The van der Waals surface area contributed by atoms with Gasteiger partial charge in [0.25, 0.3) is 0 Å². The van der Waals surface area contributed by atoms with Gasteiger partial charge in [-0.2, -0.15) is 0 Å². The molecule has 39 heavy (non-hydrogen) atoms. The molecule has 0 saturated heterocycles. The van der Waals surface area contributed by atoms with Gasteiger partial charge in [-0.3, -0.25) is 13.9 Å². The van der Waals surface area contributed by atoms with Gasteiger partial charge in [-0.05, 0) is 66.8 Å². The zero-order valence-corrected chi connectivity index (χ0v) is 24.4. The number of nitrogens with zero attached hydrogens (tertiary/aromatic N) is 2. The molecule has 2 amide bonds. The number of nitrogens with one attached hydrogen (secondary N) is 1. The quantitative estimate of drug-likeness (QED) is 0.336.